The van der Waals surface area contributed by atoms with Crippen molar-refractivity contribution in [2.24, 2.45) is 0 Å². The molecule has 0 saturated carbocycles. The molecule has 1 aromatic heterocycles. The molecular formula is C20H26N4O2. The first-order valence-electron chi connectivity index (χ1n) is 9.20. The molecule has 0 amide bonds. The fraction of sp³-hybridized carbons (Fsp3) is 0.450. The Hall–Kier alpha value is -2.47. The summed E-state index contributed by atoms with van der Waals surface area (Å²) in [5.41, 5.74) is 0.720. The van der Waals surface area contributed by atoms with Crippen LogP contribution in [0, 0.1) is 0 Å². The lowest BCUT2D eigenvalue weighted by molar-refractivity contribution is 0.101. The molecule has 1 aliphatic heterocycles. The van der Waals surface area contributed by atoms with Gasteiger partial charge in [-0.05, 0) is 56.6 Å². The molecule has 1 aromatic carbocycles. The molecule has 1 saturated heterocycles. The van der Waals surface area contributed by atoms with Gasteiger partial charge in [-0.2, -0.15) is 0 Å². The molecule has 6 heteroatoms. The number of carbonyl (C=O) groups excluding carboxylic acids is 1. The van der Waals surface area contributed by atoms with Crippen molar-refractivity contribution in [3.8, 4) is 5.75 Å². The van der Waals surface area contributed by atoms with Crippen LogP contribution in [-0.4, -0.2) is 60.0 Å². The number of hydrogen-bond acceptors (Lipinski definition) is 6. The van der Waals surface area contributed by atoms with Gasteiger partial charge in [0.15, 0.2) is 5.78 Å². The van der Waals surface area contributed by atoms with Crippen molar-refractivity contribution in [1.82, 2.24) is 14.9 Å². The van der Waals surface area contributed by atoms with E-state index in [1.165, 1.54) is 0 Å². The van der Waals surface area contributed by atoms with Crippen molar-refractivity contribution in [3.63, 3.8) is 0 Å². The molecule has 0 N–H and O–H groups in total. The van der Waals surface area contributed by atoms with Gasteiger partial charge in [-0.3, -0.25) is 9.69 Å². The number of piperazine rings is 1. The fourth-order valence-electron chi connectivity index (χ4n) is 3.04. The largest absolute Gasteiger partial charge is 0.494 e. The fourth-order valence-corrected chi connectivity index (χ4v) is 3.04. The van der Waals surface area contributed by atoms with Crippen LogP contribution < -0.4 is 9.64 Å². The van der Waals surface area contributed by atoms with Crippen LogP contribution in [0.3, 0.4) is 0 Å². The number of nitrogens with zero attached hydrogens (tertiary/aromatic N) is 4. The van der Waals surface area contributed by atoms with E-state index in [1.807, 2.05) is 30.3 Å². The molecule has 0 unspecified atom stereocenters. The van der Waals surface area contributed by atoms with Gasteiger partial charge in [0.2, 0.25) is 5.95 Å². The highest BCUT2D eigenvalue weighted by Crippen LogP contribution is 2.14. The zero-order chi connectivity index (χ0) is 18.2. The van der Waals surface area contributed by atoms with Gasteiger partial charge in [-0.25, -0.2) is 9.97 Å². The highest BCUT2D eigenvalue weighted by atomic mass is 16.5. The second-order valence-corrected chi connectivity index (χ2v) is 6.51. The summed E-state index contributed by atoms with van der Waals surface area (Å²) in [6.07, 6.45) is 5.73. The Morgan fingerprint density at radius 2 is 1.73 bits per heavy atom. The minimum absolute atomic E-state index is 0.0791. The van der Waals surface area contributed by atoms with Crippen molar-refractivity contribution in [3.05, 3.63) is 48.3 Å². The third-order valence-electron chi connectivity index (χ3n) is 4.61. The number of ketones is 1. The molecule has 0 radical (unpaired) electrons. The summed E-state index contributed by atoms with van der Waals surface area (Å²) in [5, 5.41) is 0. The number of hydrogen-bond donors (Lipinski definition) is 0. The van der Waals surface area contributed by atoms with E-state index in [2.05, 4.69) is 19.8 Å². The number of unbranched alkanes of at least 4 members (excludes halogenated alkanes) is 1. The summed E-state index contributed by atoms with van der Waals surface area (Å²) in [4.78, 5) is 24.6. The maximum Gasteiger partial charge on any atom is 0.225 e. The Morgan fingerprint density at radius 3 is 2.38 bits per heavy atom. The van der Waals surface area contributed by atoms with Crippen LogP contribution in [0.5, 0.6) is 5.75 Å². The predicted octanol–water partition coefficient (Wildman–Crippen LogP) is 2.66. The average Bonchev–Trinajstić information content (AvgIpc) is 2.69. The minimum Gasteiger partial charge on any atom is -0.494 e. The van der Waals surface area contributed by atoms with Crippen LogP contribution in [-0.2, 0) is 0 Å². The Morgan fingerprint density at radius 1 is 1.04 bits per heavy atom. The predicted molar refractivity (Wildman–Crippen MR) is 102 cm³/mol. The van der Waals surface area contributed by atoms with Crippen molar-refractivity contribution >= 4 is 11.7 Å². The second-order valence-electron chi connectivity index (χ2n) is 6.51. The number of ether oxygens (including phenoxy) is 1. The molecule has 0 atom stereocenters. The van der Waals surface area contributed by atoms with E-state index < -0.39 is 0 Å². The average molecular weight is 354 g/mol. The first-order valence-corrected chi connectivity index (χ1v) is 9.20. The molecule has 0 aliphatic carbocycles. The smallest absolute Gasteiger partial charge is 0.225 e. The van der Waals surface area contributed by atoms with Crippen LogP contribution >= 0.6 is 0 Å². The van der Waals surface area contributed by atoms with Gasteiger partial charge < -0.3 is 9.64 Å². The number of anilines is 1. The van der Waals surface area contributed by atoms with Gasteiger partial charge in [0.1, 0.15) is 5.75 Å². The SMILES string of the molecule is CC(=O)c1ccc(OCCCCN2CCN(c3ncccn3)CC2)cc1. The van der Waals surface area contributed by atoms with Gasteiger partial charge in [0.25, 0.3) is 0 Å². The molecule has 138 valence electrons. The van der Waals surface area contributed by atoms with Crippen LogP contribution in [0.2, 0.25) is 0 Å². The molecule has 1 aliphatic rings. The molecule has 0 spiro atoms. The normalized spacial score (nSPS) is 15.0. The lowest BCUT2D eigenvalue weighted by Gasteiger charge is -2.34. The van der Waals surface area contributed by atoms with Crippen molar-refractivity contribution in [1.29, 1.82) is 0 Å². The molecule has 2 aromatic rings. The highest BCUT2D eigenvalue weighted by Gasteiger charge is 2.18. The summed E-state index contributed by atoms with van der Waals surface area (Å²) < 4.78 is 5.75. The quantitative estimate of drug-likeness (QED) is 0.537. The summed E-state index contributed by atoms with van der Waals surface area (Å²) in [6, 6.07) is 9.20. The molecule has 0 bridgehead atoms. The van der Waals surface area contributed by atoms with Crippen LogP contribution in [0.15, 0.2) is 42.7 Å². The Kier molecular flexibility index (Phi) is 6.55. The summed E-state index contributed by atoms with van der Waals surface area (Å²) in [5.74, 6) is 1.73. The Bertz CT molecular complexity index is 683. The number of aromatic nitrogens is 2. The highest BCUT2D eigenvalue weighted by molar-refractivity contribution is 5.94. The monoisotopic (exact) mass is 354 g/mol. The van der Waals surface area contributed by atoms with Crippen molar-refractivity contribution in [2.75, 3.05) is 44.2 Å². The van der Waals surface area contributed by atoms with Gasteiger partial charge in [0, 0.05) is 44.1 Å². The maximum atomic E-state index is 11.3. The number of benzene rings is 1. The first-order chi connectivity index (χ1) is 12.7. The minimum atomic E-state index is 0.0791. The molecule has 6 nitrogen and oxygen atoms in total. The zero-order valence-corrected chi connectivity index (χ0v) is 15.3. The lowest BCUT2D eigenvalue weighted by Crippen LogP contribution is -2.47. The third kappa shape index (κ3) is 5.26. The Labute approximate surface area is 154 Å². The van der Waals surface area contributed by atoms with Crippen molar-refractivity contribution in [2.45, 2.75) is 19.8 Å². The number of carbonyl (C=O) groups is 1. The lowest BCUT2D eigenvalue weighted by atomic mass is 10.1. The topological polar surface area (TPSA) is 58.6 Å². The van der Waals surface area contributed by atoms with E-state index in [0.29, 0.717) is 6.61 Å². The van der Waals surface area contributed by atoms with Crippen molar-refractivity contribution < 1.29 is 9.53 Å². The second kappa shape index (κ2) is 9.29. The van der Waals surface area contributed by atoms with Crippen LogP contribution in [0.1, 0.15) is 30.1 Å². The van der Waals surface area contributed by atoms with E-state index >= 15 is 0 Å². The summed E-state index contributed by atoms with van der Waals surface area (Å²) in [7, 11) is 0. The Balaban J connectivity index is 1.29. The summed E-state index contributed by atoms with van der Waals surface area (Å²) in [6.45, 7) is 7.42. The van der Waals surface area contributed by atoms with Crippen LogP contribution in [0.25, 0.3) is 0 Å². The van der Waals surface area contributed by atoms with Gasteiger partial charge in [-0.1, -0.05) is 0 Å². The molecule has 3 rings (SSSR count). The standard InChI is InChI=1S/C20H26N4O2/c1-17(25)18-5-7-19(8-6-18)26-16-3-2-11-23-12-14-24(15-13-23)20-21-9-4-10-22-20/h4-10H,2-3,11-16H2,1H3. The van der Waals surface area contributed by atoms with E-state index in [4.69, 9.17) is 4.74 Å². The molecular weight excluding hydrogens is 328 g/mol. The van der Waals surface area contributed by atoms with E-state index in [0.717, 1.165) is 62.8 Å². The maximum absolute atomic E-state index is 11.3. The first kappa shape index (κ1) is 18.3. The van der Waals surface area contributed by atoms with Gasteiger partial charge in [-0.15, -0.1) is 0 Å². The number of rotatable bonds is 8. The summed E-state index contributed by atoms with van der Waals surface area (Å²) >= 11 is 0. The van der Waals surface area contributed by atoms with Crippen LogP contribution in [0.4, 0.5) is 5.95 Å². The molecule has 1 fully saturated rings. The van der Waals surface area contributed by atoms with E-state index in [9.17, 15) is 4.79 Å². The third-order valence-corrected chi connectivity index (χ3v) is 4.61. The van der Waals surface area contributed by atoms with E-state index in [-0.39, 0.29) is 5.78 Å². The molecule has 2 heterocycles. The van der Waals surface area contributed by atoms with E-state index in [1.54, 1.807) is 19.3 Å². The van der Waals surface area contributed by atoms with Gasteiger partial charge in [0.05, 0.1) is 6.61 Å². The zero-order valence-electron chi connectivity index (χ0n) is 15.3. The number of Topliss-reactive ketones (excluding diaryl/α,β-unsaturated/α-hetero) is 1. The molecule has 26 heavy (non-hydrogen) atoms. The van der Waals surface area contributed by atoms with Gasteiger partial charge >= 0.3 is 0 Å².